The largest absolute Gasteiger partial charge is 0.494 e. The van der Waals surface area contributed by atoms with Crippen LogP contribution in [-0.4, -0.2) is 66.6 Å². The Labute approximate surface area is 149 Å². The number of carbonyl (C=O) groups excluding carboxylic acids is 1. The molecule has 1 aromatic rings. The van der Waals surface area contributed by atoms with Gasteiger partial charge in [-0.25, -0.2) is 0 Å². The summed E-state index contributed by atoms with van der Waals surface area (Å²) in [6.45, 7) is 4.74. The zero-order valence-electron chi connectivity index (χ0n) is 15.1. The fourth-order valence-electron chi connectivity index (χ4n) is 3.21. The van der Waals surface area contributed by atoms with Crippen LogP contribution in [0.4, 0.5) is 0 Å². The summed E-state index contributed by atoms with van der Waals surface area (Å²) in [7, 11) is 1.78. The Balaban J connectivity index is 1.69. The average molecular weight is 348 g/mol. The number of nitrogens with zero attached hydrogens (tertiary/aromatic N) is 2. The van der Waals surface area contributed by atoms with Crippen LogP contribution in [0.15, 0.2) is 30.3 Å². The number of hydrogen-bond acceptors (Lipinski definition) is 4. The van der Waals surface area contributed by atoms with Crippen molar-refractivity contribution in [3.8, 4) is 5.75 Å². The summed E-state index contributed by atoms with van der Waals surface area (Å²) in [5.74, 6) is 0.0141. The third-order valence-electron chi connectivity index (χ3n) is 4.52. The molecule has 1 heterocycles. The number of benzene rings is 1. The van der Waals surface area contributed by atoms with Gasteiger partial charge in [-0.15, -0.1) is 0 Å². The molecule has 1 aliphatic rings. The molecule has 0 spiro atoms. The molecule has 0 saturated carbocycles. The second-order valence-electron chi connectivity index (χ2n) is 6.90. The maximum atomic E-state index is 12.4. The molecule has 0 bridgehead atoms. The molecule has 1 saturated heterocycles. The SMILES string of the molecule is CC1CC(C(=O)O)CN(CC(=O)N(C)CCCOc2ccccc2)C1. The predicted molar refractivity (Wildman–Crippen MR) is 95.5 cm³/mol. The van der Waals surface area contributed by atoms with E-state index in [4.69, 9.17) is 4.74 Å². The zero-order valence-corrected chi connectivity index (χ0v) is 15.1. The predicted octanol–water partition coefficient (Wildman–Crippen LogP) is 1.96. The number of para-hydroxylation sites is 1. The molecule has 1 aliphatic heterocycles. The van der Waals surface area contributed by atoms with Crippen LogP contribution in [0.1, 0.15) is 19.8 Å². The molecule has 6 heteroatoms. The summed E-state index contributed by atoms with van der Waals surface area (Å²) in [4.78, 5) is 27.2. The van der Waals surface area contributed by atoms with Crippen molar-refractivity contribution < 1.29 is 19.4 Å². The lowest BCUT2D eigenvalue weighted by Gasteiger charge is -2.35. The van der Waals surface area contributed by atoms with Crippen molar-refractivity contribution in [2.75, 3.05) is 39.8 Å². The first kappa shape index (κ1) is 19.2. The van der Waals surface area contributed by atoms with E-state index in [0.717, 1.165) is 18.7 Å². The van der Waals surface area contributed by atoms with Gasteiger partial charge in [0, 0.05) is 26.7 Å². The second-order valence-corrected chi connectivity index (χ2v) is 6.90. The number of amides is 1. The van der Waals surface area contributed by atoms with E-state index >= 15 is 0 Å². The highest BCUT2D eigenvalue weighted by Crippen LogP contribution is 2.21. The van der Waals surface area contributed by atoms with E-state index in [1.54, 1.807) is 11.9 Å². The molecule has 1 N–H and O–H groups in total. The molecule has 1 aromatic carbocycles. The van der Waals surface area contributed by atoms with Crippen molar-refractivity contribution in [1.82, 2.24) is 9.80 Å². The number of carboxylic acid groups (broad SMARTS) is 1. The average Bonchev–Trinajstić information content (AvgIpc) is 2.58. The first-order chi connectivity index (χ1) is 12.0. The summed E-state index contributed by atoms with van der Waals surface area (Å²) in [5, 5.41) is 9.22. The van der Waals surface area contributed by atoms with Gasteiger partial charge >= 0.3 is 5.97 Å². The van der Waals surface area contributed by atoms with Crippen LogP contribution in [-0.2, 0) is 9.59 Å². The fourth-order valence-corrected chi connectivity index (χ4v) is 3.21. The van der Waals surface area contributed by atoms with Gasteiger partial charge in [0.15, 0.2) is 0 Å². The first-order valence-corrected chi connectivity index (χ1v) is 8.82. The molecule has 6 nitrogen and oxygen atoms in total. The number of carboxylic acids is 1. The smallest absolute Gasteiger partial charge is 0.307 e. The quantitative estimate of drug-likeness (QED) is 0.727. The van der Waals surface area contributed by atoms with Crippen LogP contribution in [0.5, 0.6) is 5.75 Å². The molecule has 2 rings (SSSR count). The van der Waals surface area contributed by atoms with Crippen molar-refractivity contribution in [3.05, 3.63) is 30.3 Å². The molecular formula is C19H28N2O4. The van der Waals surface area contributed by atoms with E-state index in [2.05, 4.69) is 0 Å². The maximum Gasteiger partial charge on any atom is 0.307 e. The lowest BCUT2D eigenvalue weighted by Crippen LogP contribution is -2.47. The summed E-state index contributed by atoms with van der Waals surface area (Å²) in [6, 6.07) is 9.61. The van der Waals surface area contributed by atoms with Gasteiger partial charge in [-0.1, -0.05) is 25.1 Å². The number of likely N-dealkylation sites (tertiary alicyclic amines) is 1. The van der Waals surface area contributed by atoms with E-state index < -0.39 is 5.97 Å². The Hall–Kier alpha value is -2.08. The van der Waals surface area contributed by atoms with Crippen molar-refractivity contribution in [1.29, 1.82) is 0 Å². The zero-order chi connectivity index (χ0) is 18.2. The summed E-state index contributed by atoms with van der Waals surface area (Å²) < 4.78 is 5.63. The van der Waals surface area contributed by atoms with Gasteiger partial charge in [-0.3, -0.25) is 14.5 Å². The van der Waals surface area contributed by atoms with Gasteiger partial charge in [0.25, 0.3) is 0 Å². The monoisotopic (exact) mass is 348 g/mol. The van der Waals surface area contributed by atoms with Crippen LogP contribution in [0.2, 0.25) is 0 Å². The Kier molecular flexibility index (Phi) is 7.25. The highest BCUT2D eigenvalue weighted by Gasteiger charge is 2.30. The molecule has 2 atom stereocenters. The Morgan fingerprint density at radius 1 is 1.28 bits per heavy atom. The number of rotatable bonds is 8. The molecule has 0 aromatic heterocycles. The lowest BCUT2D eigenvalue weighted by molar-refractivity contribution is -0.145. The van der Waals surface area contributed by atoms with Crippen molar-refractivity contribution in [2.24, 2.45) is 11.8 Å². The van der Waals surface area contributed by atoms with Gasteiger partial charge in [0.05, 0.1) is 19.1 Å². The topological polar surface area (TPSA) is 70.1 Å². The molecular weight excluding hydrogens is 320 g/mol. The number of aliphatic carboxylic acids is 1. The molecule has 138 valence electrons. The number of piperidine rings is 1. The number of carbonyl (C=O) groups is 2. The summed E-state index contributed by atoms with van der Waals surface area (Å²) >= 11 is 0. The normalized spacial score (nSPS) is 20.9. The van der Waals surface area contributed by atoms with Crippen molar-refractivity contribution in [2.45, 2.75) is 19.8 Å². The van der Waals surface area contributed by atoms with E-state index in [-0.39, 0.29) is 18.4 Å². The third-order valence-corrected chi connectivity index (χ3v) is 4.52. The van der Waals surface area contributed by atoms with Crippen molar-refractivity contribution >= 4 is 11.9 Å². The third kappa shape index (κ3) is 6.38. The second kappa shape index (κ2) is 9.42. The molecule has 2 unspecified atom stereocenters. The minimum atomic E-state index is -0.768. The number of likely N-dealkylation sites (N-methyl/N-ethyl adjacent to an activating group) is 1. The maximum absolute atomic E-state index is 12.4. The molecule has 1 amide bonds. The standard InChI is InChI=1S/C19H28N2O4/c1-15-11-16(19(23)24)13-21(12-15)14-18(22)20(2)9-6-10-25-17-7-4-3-5-8-17/h3-5,7-8,15-16H,6,9-14H2,1-2H3,(H,23,24). The minimum absolute atomic E-state index is 0.0259. The fraction of sp³-hybridized carbons (Fsp3) is 0.579. The lowest BCUT2D eigenvalue weighted by atomic mass is 9.90. The van der Waals surface area contributed by atoms with Crippen LogP contribution in [0, 0.1) is 11.8 Å². The Morgan fingerprint density at radius 3 is 2.68 bits per heavy atom. The van der Waals surface area contributed by atoms with E-state index in [0.29, 0.717) is 32.0 Å². The summed E-state index contributed by atoms with van der Waals surface area (Å²) in [5.41, 5.74) is 0. The van der Waals surface area contributed by atoms with Crippen LogP contribution >= 0.6 is 0 Å². The van der Waals surface area contributed by atoms with Gasteiger partial charge in [0.1, 0.15) is 5.75 Å². The van der Waals surface area contributed by atoms with E-state index in [1.165, 1.54) is 0 Å². The van der Waals surface area contributed by atoms with Gasteiger partial charge in [-0.2, -0.15) is 0 Å². The van der Waals surface area contributed by atoms with Crippen molar-refractivity contribution in [3.63, 3.8) is 0 Å². The summed E-state index contributed by atoms with van der Waals surface area (Å²) in [6.07, 6.45) is 1.44. The molecule has 0 aliphatic carbocycles. The first-order valence-electron chi connectivity index (χ1n) is 8.82. The molecule has 1 fully saturated rings. The number of ether oxygens (including phenoxy) is 1. The van der Waals surface area contributed by atoms with Gasteiger partial charge in [-0.05, 0) is 30.9 Å². The van der Waals surface area contributed by atoms with Crippen LogP contribution in [0.3, 0.4) is 0 Å². The highest BCUT2D eigenvalue weighted by atomic mass is 16.5. The van der Waals surface area contributed by atoms with Gasteiger partial charge in [0.2, 0.25) is 5.91 Å². The number of hydrogen-bond donors (Lipinski definition) is 1. The Morgan fingerprint density at radius 2 is 2.00 bits per heavy atom. The molecule has 25 heavy (non-hydrogen) atoms. The minimum Gasteiger partial charge on any atom is -0.494 e. The van der Waals surface area contributed by atoms with E-state index in [1.807, 2.05) is 42.2 Å². The molecule has 0 radical (unpaired) electrons. The van der Waals surface area contributed by atoms with Gasteiger partial charge < -0.3 is 14.7 Å². The van der Waals surface area contributed by atoms with E-state index in [9.17, 15) is 14.7 Å². The highest BCUT2D eigenvalue weighted by molar-refractivity contribution is 5.78. The Bertz CT molecular complexity index is 564. The van der Waals surface area contributed by atoms with Crippen LogP contribution < -0.4 is 4.74 Å². The van der Waals surface area contributed by atoms with Crippen LogP contribution in [0.25, 0.3) is 0 Å².